The van der Waals surface area contributed by atoms with Crippen LogP contribution < -0.4 is 0 Å². The minimum atomic E-state index is 0.430. The molecule has 0 radical (unpaired) electrons. The zero-order valence-electron chi connectivity index (χ0n) is 7.42. The number of aromatic nitrogens is 2. The van der Waals surface area contributed by atoms with Crippen LogP contribution in [0.15, 0.2) is 35.1 Å². The first-order valence-electron chi connectivity index (χ1n) is 4.10. The lowest BCUT2D eigenvalue weighted by molar-refractivity contribution is 1.29. The molecule has 0 N–H and O–H groups in total. The van der Waals surface area contributed by atoms with Crippen molar-refractivity contribution < 1.29 is 0 Å². The molecule has 0 atom stereocenters. The molecular weight excluding hydrogens is 299 g/mol. The third-order valence-electron chi connectivity index (χ3n) is 1.87. The summed E-state index contributed by atoms with van der Waals surface area (Å²) in [5.74, 6) is 0. The molecule has 76 valence electrons. The summed E-state index contributed by atoms with van der Waals surface area (Å²) in [6.07, 6.45) is 3.27. The predicted octanol–water partition coefficient (Wildman–Crippen LogP) is 4.21. The third kappa shape index (κ3) is 2.30. The Morgan fingerprint density at radius 1 is 1.07 bits per heavy atom. The third-order valence-corrected chi connectivity index (χ3v) is 3.02. The van der Waals surface area contributed by atoms with E-state index in [1.165, 1.54) is 0 Å². The molecule has 0 aliphatic heterocycles. The molecule has 2 nitrogen and oxygen atoms in total. The van der Waals surface area contributed by atoms with E-state index in [0.29, 0.717) is 10.3 Å². The van der Waals surface area contributed by atoms with Gasteiger partial charge >= 0.3 is 0 Å². The normalized spacial score (nSPS) is 10.3. The standard InChI is InChI=1S/C10H5BrCl2N2/c11-7-2-4-15-10(13)9(7)6-1-3-14-8(12)5-6/h1-5H. The van der Waals surface area contributed by atoms with Crippen LogP contribution in [-0.4, -0.2) is 9.97 Å². The van der Waals surface area contributed by atoms with Gasteiger partial charge in [0.1, 0.15) is 10.3 Å². The number of rotatable bonds is 1. The van der Waals surface area contributed by atoms with Gasteiger partial charge in [0.15, 0.2) is 0 Å². The average Bonchev–Trinajstić information content (AvgIpc) is 2.17. The van der Waals surface area contributed by atoms with Crippen LogP contribution in [0.25, 0.3) is 11.1 Å². The lowest BCUT2D eigenvalue weighted by atomic mass is 10.1. The molecule has 15 heavy (non-hydrogen) atoms. The second-order valence-corrected chi connectivity index (χ2v) is 4.43. The summed E-state index contributed by atoms with van der Waals surface area (Å²) >= 11 is 15.2. The SMILES string of the molecule is Clc1cc(-c2c(Br)ccnc2Cl)ccn1. The van der Waals surface area contributed by atoms with E-state index in [1.54, 1.807) is 18.5 Å². The molecule has 0 aliphatic carbocycles. The molecule has 2 rings (SSSR count). The summed E-state index contributed by atoms with van der Waals surface area (Å²) in [6, 6.07) is 5.41. The van der Waals surface area contributed by atoms with E-state index in [9.17, 15) is 0 Å². The molecule has 0 aliphatic rings. The lowest BCUT2D eigenvalue weighted by Gasteiger charge is -2.05. The predicted molar refractivity (Wildman–Crippen MR) is 65.2 cm³/mol. The van der Waals surface area contributed by atoms with Crippen LogP contribution in [0.4, 0.5) is 0 Å². The Morgan fingerprint density at radius 3 is 2.47 bits per heavy atom. The van der Waals surface area contributed by atoms with Gasteiger partial charge in [0, 0.05) is 22.4 Å². The highest BCUT2D eigenvalue weighted by Crippen LogP contribution is 2.33. The number of hydrogen-bond donors (Lipinski definition) is 0. The van der Waals surface area contributed by atoms with E-state index in [1.807, 2.05) is 12.1 Å². The van der Waals surface area contributed by atoms with Crippen molar-refractivity contribution in [3.8, 4) is 11.1 Å². The molecule has 2 heterocycles. The van der Waals surface area contributed by atoms with Gasteiger partial charge in [-0.1, -0.05) is 23.2 Å². The van der Waals surface area contributed by atoms with E-state index in [0.717, 1.165) is 15.6 Å². The van der Waals surface area contributed by atoms with Crippen molar-refractivity contribution in [3.63, 3.8) is 0 Å². The second kappa shape index (κ2) is 4.47. The first kappa shape index (κ1) is 10.9. The van der Waals surface area contributed by atoms with Gasteiger partial charge in [-0.3, -0.25) is 0 Å². The van der Waals surface area contributed by atoms with Gasteiger partial charge in [-0.2, -0.15) is 0 Å². The van der Waals surface area contributed by atoms with Crippen LogP contribution >= 0.6 is 39.1 Å². The largest absolute Gasteiger partial charge is 0.245 e. The number of pyridine rings is 2. The molecule has 0 saturated heterocycles. The molecule has 2 aromatic heterocycles. The Labute approximate surface area is 105 Å². The first-order chi connectivity index (χ1) is 7.18. The maximum Gasteiger partial charge on any atom is 0.137 e. The molecule has 0 unspecified atom stereocenters. The summed E-state index contributed by atoms with van der Waals surface area (Å²) in [6.45, 7) is 0. The van der Waals surface area contributed by atoms with Crippen LogP contribution in [0.2, 0.25) is 10.3 Å². The molecule has 0 amide bonds. The summed E-state index contributed by atoms with van der Waals surface area (Å²) in [7, 11) is 0. The smallest absolute Gasteiger partial charge is 0.137 e. The zero-order valence-corrected chi connectivity index (χ0v) is 10.5. The molecule has 5 heteroatoms. The molecule has 0 spiro atoms. The fourth-order valence-electron chi connectivity index (χ4n) is 1.23. The van der Waals surface area contributed by atoms with Crippen molar-refractivity contribution in [1.29, 1.82) is 0 Å². The maximum absolute atomic E-state index is 6.01. The van der Waals surface area contributed by atoms with Crippen LogP contribution in [0.1, 0.15) is 0 Å². The van der Waals surface area contributed by atoms with Crippen LogP contribution in [0.5, 0.6) is 0 Å². The van der Waals surface area contributed by atoms with Gasteiger partial charge in [0.25, 0.3) is 0 Å². The number of halogens is 3. The van der Waals surface area contributed by atoms with Crippen molar-refractivity contribution in [1.82, 2.24) is 9.97 Å². The second-order valence-electron chi connectivity index (χ2n) is 2.83. The van der Waals surface area contributed by atoms with Crippen molar-refractivity contribution in [2.45, 2.75) is 0 Å². The number of nitrogens with zero attached hydrogens (tertiary/aromatic N) is 2. The van der Waals surface area contributed by atoms with Crippen LogP contribution in [-0.2, 0) is 0 Å². The first-order valence-corrected chi connectivity index (χ1v) is 5.65. The van der Waals surface area contributed by atoms with Gasteiger partial charge in [-0.15, -0.1) is 0 Å². The van der Waals surface area contributed by atoms with Crippen LogP contribution in [0, 0.1) is 0 Å². The van der Waals surface area contributed by atoms with E-state index < -0.39 is 0 Å². The Balaban J connectivity index is 2.63. The summed E-state index contributed by atoms with van der Waals surface area (Å²) in [4.78, 5) is 7.93. The van der Waals surface area contributed by atoms with Gasteiger partial charge in [-0.25, -0.2) is 9.97 Å². The quantitative estimate of drug-likeness (QED) is 0.737. The maximum atomic E-state index is 6.01. The molecular formula is C10H5BrCl2N2. The van der Waals surface area contributed by atoms with E-state index in [2.05, 4.69) is 25.9 Å². The lowest BCUT2D eigenvalue weighted by Crippen LogP contribution is -1.86. The highest BCUT2D eigenvalue weighted by atomic mass is 79.9. The minimum absolute atomic E-state index is 0.430. The molecule has 0 aromatic carbocycles. The molecule has 0 bridgehead atoms. The Bertz CT molecular complexity index is 482. The Morgan fingerprint density at radius 2 is 1.80 bits per heavy atom. The monoisotopic (exact) mass is 302 g/mol. The fourth-order valence-corrected chi connectivity index (χ4v) is 2.32. The molecule has 0 saturated carbocycles. The van der Waals surface area contributed by atoms with Gasteiger partial charge in [0.05, 0.1) is 0 Å². The topological polar surface area (TPSA) is 25.8 Å². The van der Waals surface area contributed by atoms with Crippen molar-refractivity contribution >= 4 is 39.1 Å². The highest BCUT2D eigenvalue weighted by molar-refractivity contribution is 9.10. The fraction of sp³-hybridized carbons (Fsp3) is 0. The minimum Gasteiger partial charge on any atom is -0.245 e. The summed E-state index contributed by atoms with van der Waals surface area (Å²) in [5, 5.41) is 0.867. The van der Waals surface area contributed by atoms with Gasteiger partial charge < -0.3 is 0 Å². The summed E-state index contributed by atoms with van der Waals surface area (Å²) < 4.78 is 0.879. The van der Waals surface area contributed by atoms with E-state index >= 15 is 0 Å². The van der Waals surface area contributed by atoms with Gasteiger partial charge in [0.2, 0.25) is 0 Å². The van der Waals surface area contributed by atoms with Crippen molar-refractivity contribution in [2.75, 3.05) is 0 Å². The van der Waals surface area contributed by atoms with Gasteiger partial charge in [-0.05, 0) is 39.7 Å². The number of hydrogen-bond acceptors (Lipinski definition) is 2. The highest BCUT2D eigenvalue weighted by Gasteiger charge is 2.09. The average molecular weight is 304 g/mol. The zero-order chi connectivity index (χ0) is 10.8. The van der Waals surface area contributed by atoms with Crippen molar-refractivity contribution in [3.05, 3.63) is 45.4 Å². The molecule has 0 fully saturated rings. The van der Waals surface area contributed by atoms with Crippen LogP contribution in [0.3, 0.4) is 0 Å². The van der Waals surface area contributed by atoms with E-state index in [-0.39, 0.29) is 0 Å². The summed E-state index contributed by atoms with van der Waals surface area (Å²) in [5.41, 5.74) is 1.71. The van der Waals surface area contributed by atoms with Crippen molar-refractivity contribution in [2.24, 2.45) is 0 Å². The Kier molecular flexibility index (Phi) is 3.24. The van der Waals surface area contributed by atoms with E-state index in [4.69, 9.17) is 23.2 Å². The Hall–Kier alpha value is -0.640. The molecule has 2 aromatic rings.